The lowest BCUT2D eigenvalue weighted by Gasteiger charge is -2.33. The van der Waals surface area contributed by atoms with Crippen molar-refractivity contribution in [1.29, 1.82) is 0 Å². The molecule has 4 atom stereocenters. The molecular weight excluding hydrogens is 536 g/mol. The Kier molecular flexibility index (Phi) is 6.04. The van der Waals surface area contributed by atoms with E-state index in [1.165, 1.54) is 36.4 Å². The molecule has 0 aliphatic carbocycles. The van der Waals surface area contributed by atoms with Gasteiger partial charge in [-0.1, -0.05) is 12.1 Å². The molecule has 41 heavy (non-hydrogen) atoms. The van der Waals surface area contributed by atoms with Crippen molar-refractivity contribution in [3.63, 3.8) is 0 Å². The van der Waals surface area contributed by atoms with Crippen LogP contribution in [0.1, 0.15) is 39.8 Å². The summed E-state index contributed by atoms with van der Waals surface area (Å²) < 4.78 is 12.5. The molecule has 6 rings (SSSR count). The smallest absolute Gasteiger partial charge is 0.157 e. The van der Waals surface area contributed by atoms with Crippen molar-refractivity contribution in [3.05, 3.63) is 82.4 Å². The molecule has 0 aromatic heterocycles. The maximum atomic E-state index is 10.9. The fraction of sp³-hybridized carbons (Fsp3) is 0.200. The number of aromatic hydroxyl groups is 8. The standard InChI is InChI=1S/C30H26O11/c31-14-7-19(34)15(20(35)8-14)10-25-27(12-1-3-17(32)22(37)5-12)28-26(40-25)11-21(36)16-9-24(39)29(41-30(16)28)13-2-4-18(33)23(38)6-13/h1-8,11,24-25,27,29,31-39H,9-10H2/t24-,25+,27+,29+/m0/s1. The van der Waals surface area contributed by atoms with Crippen molar-refractivity contribution in [2.45, 2.75) is 37.1 Å². The number of aliphatic hydroxyl groups is 1. The summed E-state index contributed by atoms with van der Waals surface area (Å²) in [5.74, 6) is -3.10. The van der Waals surface area contributed by atoms with Gasteiger partial charge < -0.3 is 55.4 Å². The number of phenolic OH excluding ortho intramolecular Hbond substituents is 8. The van der Waals surface area contributed by atoms with Crippen LogP contribution >= 0.6 is 0 Å². The van der Waals surface area contributed by atoms with E-state index in [4.69, 9.17) is 9.47 Å². The van der Waals surface area contributed by atoms with Gasteiger partial charge in [-0.15, -0.1) is 0 Å². The van der Waals surface area contributed by atoms with Gasteiger partial charge in [-0.05, 0) is 35.4 Å². The molecule has 0 saturated heterocycles. The summed E-state index contributed by atoms with van der Waals surface area (Å²) in [5.41, 5.74) is 1.67. The van der Waals surface area contributed by atoms with Crippen LogP contribution in [0.2, 0.25) is 0 Å². The van der Waals surface area contributed by atoms with E-state index in [1.54, 1.807) is 6.07 Å². The van der Waals surface area contributed by atoms with Crippen molar-refractivity contribution in [1.82, 2.24) is 0 Å². The Balaban J connectivity index is 1.50. The lowest BCUT2D eigenvalue weighted by atomic mass is 9.82. The average molecular weight is 563 g/mol. The number of hydrogen-bond acceptors (Lipinski definition) is 11. The Hall–Kier alpha value is -5.16. The highest BCUT2D eigenvalue weighted by molar-refractivity contribution is 5.65. The van der Waals surface area contributed by atoms with Crippen LogP contribution in [0.5, 0.6) is 57.5 Å². The Morgan fingerprint density at radius 2 is 1.24 bits per heavy atom. The molecule has 212 valence electrons. The van der Waals surface area contributed by atoms with E-state index in [1.807, 2.05) is 0 Å². The van der Waals surface area contributed by atoms with Crippen molar-refractivity contribution in [3.8, 4) is 57.5 Å². The summed E-state index contributed by atoms with van der Waals surface area (Å²) in [6.07, 6.45) is -3.08. The van der Waals surface area contributed by atoms with E-state index < -0.39 is 35.7 Å². The van der Waals surface area contributed by atoms with Crippen molar-refractivity contribution in [2.75, 3.05) is 0 Å². The molecule has 0 radical (unpaired) electrons. The minimum absolute atomic E-state index is 0.0293. The van der Waals surface area contributed by atoms with Gasteiger partial charge in [0, 0.05) is 47.7 Å². The molecule has 2 aliphatic heterocycles. The topological polar surface area (TPSA) is 201 Å². The first-order valence-corrected chi connectivity index (χ1v) is 12.7. The fourth-order valence-corrected chi connectivity index (χ4v) is 5.66. The van der Waals surface area contributed by atoms with Crippen LogP contribution in [0, 0.1) is 0 Å². The molecule has 0 unspecified atom stereocenters. The maximum absolute atomic E-state index is 10.9. The number of hydrogen-bond donors (Lipinski definition) is 9. The van der Waals surface area contributed by atoms with Crippen LogP contribution in [0.25, 0.3) is 0 Å². The lowest BCUT2D eigenvalue weighted by Crippen LogP contribution is -2.31. The average Bonchev–Trinajstić information content (AvgIpc) is 3.27. The zero-order valence-electron chi connectivity index (χ0n) is 21.3. The predicted octanol–water partition coefficient (Wildman–Crippen LogP) is 3.50. The largest absolute Gasteiger partial charge is 0.508 e. The second-order valence-corrected chi connectivity index (χ2v) is 10.2. The van der Waals surface area contributed by atoms with Crippen molar-refractivity contribution >= 4 is 0 Å². The summed E-state index contributed by atoms with van der Waals surface area (Å²) in [6, 6.07) is 11.8. The first kappa shape index (κ1) is 26.1. The van der Waals surface area contributed by atoms with Crippen LogP contribution in [0.3, 0.4) is 0 Å². The quantitative estimate of drug-likeness (QED) is 0.165. The number of fused-ring (bicyclic) bond motifs is 3. The van der Waals surface area contributed by atoms with E-state index in [9.17, 15) is 46.0 Å². The Morgan fingerprint density at radius 1 is 0.634 bits per heavy atom. The minimum atomic E-state index is -1.13. The van der Waals surface area contributed by atoms with Crippen LogP contribution in [0.4, 0.5) is 0 Å². The van der Waals surface area contributed by atoms with Crippen LogP contribution in [-0.2, 0) is 12.8 Å². The first-order valence-electron chi connectivity index (χ1n) is 12.7. The molecule has 4 aromatic rings. The Labute approximate surface area is 232 Å². The van der Waals surface area contributed by atoms with E-state index in [-0.39, 0.29) is 64.4 Å². The van der Waals surface area contributed by atoms with E-state index in [2.05, 4.69) is 0 Å². The monoisotopic (exact) mass is 562 g/mol. The third kappa shape index (κ3) is 4.36. The predicted molar refractivity (Wildman–Crippen MR) is 142 cm³/mol. The zero-order valence-corrected chi connectivity index (χ0v) is 21.3. The number of benzene rings is 4. The highest BCUT2D eigenvalue weighted by Crippen LogP contribution is 2.55. The molecule has 0 bridgehead atoms. The molecule has 0 amide bonds. The van der Waals surface area contributed by atoms with Gasteiger partial charge in [0.2, 0.25) is 0 Å². The molecular formula is C30H26O11. The third-order valence-corrected chi connectivity index (χ3v) is 7.61. The highest BCUT2D eigenvalue weighted by atomic mass is 16.5. The van der Waals surface area contributed by atoms with Gasteiger partial charge in [-0.25, -0.2) is 0 Å². The zero-order chi connectivity index (χ0) is 29.2. The summed E-state index contributed by atoms with van der Waals surface area (Å²) in [4.78, 5) is 0. The van der Waals surface area contributed by atoms with Crippen molar-refractivity contribution < 1.29 is 55.4 Å². The second-order valence-electron chi connectivity index (χ2n) is 10.2. The van der Waals surface area contributed by atoms with Gasteiger partial charge in [0.1, 0.15) is 46.7 Å². The summed E-state index contributed by atoms with van der Waals surface area (Å²) in [5, 5.41) is 92.6. The third-order valence-electron chi connectivity index (χ3n) is 7.61. The molecule has 11 nitrogen and oxygen atoms in total. The number of phenols is 8. The number of rotatable bonds is 4. The van der Waals surface area contributed by atoms with Gasteiger partial charge in [-0.2, -0.15) is 0 Å². The Morgan fingerprint density at radius 3 is 1.88 bits per heavy atom. The molecule has 0 saturated carbocycles. The van der Waals surface area contributed by atoms with E-state index >= 15 is 0 Å². The minimum Gasteiger partial charge on any atom is -0.508 e. The van der Waals surface area contributed by atoms with Crippen LogP contribution in [0.15, 0.2) is 54.6 Å². The molecule has 11 heteroatoms. The molecule has 2 aliphatic rings. The maximum Gasteiger partial charge on any atom is 0.157 e. The van der Waals surface area contributed by atoms with Gasteiger partial charge >= 0.3 is 0 Å². The van der Waals surface area contributed by atoms with Crippen LogP contribution in [-0.4, -0.2) is 58.2 Å². The molecule has 4 aromatic carbocycles. The SMILES string of the molecule is Oc1cc(O)c(C[C@H]2Oc3cc(O)c4c(c3[C@@H]2c2ccc(O)c(O)c2)O[C@H](c2ccc(O)c(O)c2)[C@@H](O)C4)c(O)c1. The van der Waals surface area contributed by atoms with E-state index in [0.29, 0.717) is 22.3 Å². The molecule has 0 fully saturated rings. The van der Waals surface area contributed by atoms with E-state index in [0.717, 1.165) is 12.1 Å². The lowest BCUT2D eigenvalue weighted by molar-refractivity contribution is 0.0191. The summed E-state index contributed by atoms with van der Waals surface area (Å²) >= 11 is 0. The van der Waals surface area contributed by atoms with Gasteiger partial charge in [-0.3, -0.25) is 0 Å². The number of aliphatic hydroxyl groups excluding tert-OH is 1. The van der Waals surface area contributed by atoms with Crippen molar-refractivity contribution in [2.24, 2.45) is 0 Å². The summed E-state index contributed by atoms with van der Waals surface area (Å²) in [7, 11) is 0. The van der Waals surface area contributed by atoms with Crippen LogP contribution < -0.4 is 9.47 Å². The normalized spacial score (nSPS) is 21.0. The fourth-order valence-electron chi connectivity index (χ4n) is 5.66. The molecule has 0 spiro atoms. The molecule has 9 N–H and O–H groups in total. The Bertz CT molecular complexity index is 1660. The van der Waals surface area contributed by atoms with Gasteiger partial charge in [0.25, 0.3) is 0 Å². The number of ether oxygens (including phenoxy) is 2. The van der Waals surface area contributed by atoms with Gasteiger partial charge in [0.05, 0.1) is 12.0 Å². The molecule has 2 heterocycles. The van der Waals surface area contributed by atoms with Gasteiger partial charge in [0.15, 0.2) is 23.0 Å². The summed E-state index contributed by atoms with van der Waals surface area (Å²) in [6.45, 7) is 0. The highest BCUT2D eigenvalue weighted by Gasteiger charge is 2.44. The second kappa shape index (κ2) is 9.49. The first-order chi connectivity index (χ1) is 19.5.